The molecule has 0 saturated heterocycles. The van der Waals surface area contributed by atoms with Gasteiger partial charge in [0.15, 0.2) is 11.5 Å². The van der Waals surface area contributed by atoms with Gasteiger partial charge in [-0.3, -0.25) is 10.1 Å². The van der Waals surface area contributed by atoms with Crippen molar-refractivity contribution < 1.29 is 40.6 Å². The number of carbonyl (C=O) groups is 1. The van der Waals surface area contributed by atoms with Gasteiger partial charge in [0.2, 0.25) is 11.0 Å². The molecule has 1 amide bonds. The van der Waals surface area contributed by atoms with Gasteiger partial charge in [-0.25, -0.2) is 0 Å². The van der Waals surface area contributed by atoms with Gasteiger partial charge in [0.25, 0.3) is 0 Å². The van der Waals surface area contributed by atoms with Crippen molar-refractivity contribution in [3.8, 4) is 11.5 Å². The summed E-state index contributed by atoms with van der Waals surface area (Å²) in [5, 5.41) is 19.4. The predicted octanol–water partition coefficient (Wildman–Crippen LogP) is 6.91. The highest BCUT2D eigenvalue weighted by Gasteiger charge is 2.38. The first-order valence-electron chi connectivity index (χ1n) is 11.8. The first-order valence-corrected chi connectivity index (χ1v) is 12.6. The number of ether oxygens (including phenoxy) is 2. The summed E-state index contributed by atoms with van der Waals surface area (Å²) in [4.78, 5) is 12.7. The lowest BCUT2D eigenvalue weighted by atomic mass is 9.98. The number of carbonyl (C=O) groups excluding carboxylic acids is 1. The molecule has 3 rings (SSSR count). The van der Waals surface area contributed by atoms with E-state index < -0.39 is 47.5 Å². The highest BCUT2D eigenvalue weighted by Crippen LogP contribution is 2.38. The van der Waals surface area contributed by atoms with Crippen LogP contribution in [0.1, 0.15) is 48.0 Å². The molecule has 1 aromatic heterocycles. The van der Waals surface area contributed by atoms with Gasteiger partial charge in [-0.15, -0.1) is 10.2 Å². The minimum atomic E-state index is -5.03. The molecule has 14 heteroatoms. The number of amides is 1. The first-order chi connectivity index (χ1) is 18.5. The molecule has 0 aliphatic rings. The van der Waals surface area contributed by atoms with Crippen molar-refractivity contribution in [2.75, 3.05) is 12.4 Å². The van der Waals surface area contributed by atoms with Crippen molar-refractivity contribution in [1.82, 2.24) is 10.2 Å². The van der Waals surface area contributed by atoms with E-state index >= 15 is 0 Å². The fraction of sp³-hybridized carbons (Fsp3) is 0.385. The molecular formula is C26H26F6N4O3S. The number of hydrogen-bond donors (Lipinski definition) is 2. The number of alkyl halides is 6. The molecule has 0 aliphatic carbocycles. The molecule has 0 aliphatic heterocycles. The molecule has 0 saturated carbocycles. The average molecular weight is 589 g/mol. The normalized spacial score (nSPS) is 13.1. The van der Waals surface area contributed by atoms with Crippen LogP contribution in [0, 0.1) is 11.3 Å². The molecule has 1 heterocycles. The van der Waals surface area contributed by atoms with E-state index in [1.165, 1.54) is 30.6 Å². The molecule has 0 spiro atoms. The summed E-state index contributed by atoms with van der Waals surface area (Å²) in [6.07, 6.45) is -8.90. The minimum absolute atomic E-state index is 0.0405. The van der Waals surface area contributed by atoms with Crippen LogP contribution in [0.5, 0.6) is 11.5 Å². The maximum atomic E-state index is 13.4. The van der Waals surface area contributed by atoms with Crippen molar-refractivity contribution in [1.29, 1.82) is 5.41 Å². The summed E-state index contributed by atoms with van der Waals surface area (Å²) in [6, 6.07) is 5.78. The molecular weight excluding hydrogens is 562 g/mol. The quantitative estimate of drug-likeness (QED) is 0.209. The van der Waals surface area contributed by atoms with Crippen LogP contribution in [0.2, 0.25) is 0 Å². The van der Waals surface area contributed by atoms with Crippen LogP contribution >= 0.6 is 11.3 Å². The van der Waals surface area contributed by atoms with Gasteiger partial charge in [-0.2, -0.15) is 26.3 Å². The maximum absolute atomic E-state index is 13.4. The predicted molar refractivity (Wildman–Crippen MR) is 137 cm³/mol. The Bertz CT molecular complexity index is 1370. The molecule has 216 valence electrons. The zero-order chi connectivity index (χ0) is 29.9. The number of rotatable bonds is 9. The van der Waals surface area contributed by atoms with Gasteiger partial charge < -0.3 is 14.9 Å². The number of hydrogen-bond acceptors (Lipinski definition) is 7. The lowest BCUT2D eigenvalue weighted by molar-refractivity contribution is -0.143. The Labute approximate surface area is 230 Å². The van der Waals surface area contributed by atoms with Gasteiger partial charge in [-0.05, 0) is 36.2 Å². The summed E-state index contributed by atoms with van der Waals surface area (Å²) in [5.41, 5.74) is -3.05. The number of halogens is 6. The van der Waals surface area contributed by atoms with E-state index in [4.69, 9.17) is 14.9 Å². The van der Waals surface area contributed by atoms with Crippen LogP contribution in [0.25, 0.3) is 0 Å². The zero-order valence-corrected chi connectivity index (χ0v) is 22.6. The molecule has 40 heavy (non-hydrogen) atoms. The smallest absolute Gasteiger partial charge is 0.416 e. The SMILES string of the molecule is COc1cc(CC(C=N)C(=O)Nc2nnc(C(C)(C)C)s2)ccc1OCc1ccc(C(F)(F)F)cc1C(F)(F)F. The second kappa shape index (κ2) is 11.8. The van der Waals surface area contributed by atoms with E-state index in [9.17, 15) is 31.1 Å². The lowest BCUT2D eigenvalue weighted by Gasteiger charge is -2.18. The summed E-state index contributed by atoms with van der Waals surface area (Å²) < 4.78 is 89.9. The average Bonchev–Trinajstić information content (AvgIpc) is 3.34. The van der Waals surface area contributed by atoms with Crippen LogP contribution in [-0.2, 0) is 35.6 Å². The third-order valence-corrected chi connectivity index (χ3v) is 6.91. The van der Waals surface area contributed by atoms with Crippen LogP contribution in [0.3, 0.4) is 0 Å². The summed E-state index contributed by atoms with van der Waals surface area (Å²) >= 11 is 1.23. The number of benzene rings is 2. The third-order valence-electron chi connectivity index (χ3n) is 5.64. The van der Waals surface area contributed by atoms with Crippen molar-refractivity contribution in [2.24, 2.45) is 5.92 Å². The Balaban J connectivity index is 1.74. The number of nitrogens with one attached hydrogen (secondary N) is 2. The topological polar surface area (TPSA) is 97.2 Å². The molecule has 0 fully saturated rings. The van der Waals surface area contributed by atoms with E-state index in [2.05, 4.69) is 15.5 Å². The molecule has 0 radical (unpaired) electrons. The summed E-state index contributed by atoms with van der Waals surface area (Å²) in [5.74, 6) is -1.19. The Morgan fingerprint density at radius 2 is 1.73 bits per heavy atom. The second-order valence-electron chi connectivity index (χ2n) is 9.77. The van der Waals surface area contributed by atoms with Crippen LogP contribution in [0.4, 0.5) is 31.5 Å². The van der Waals surface area contributed by atoms with Crippen LogP contribution < -0.4 is 14.8 Å². The Morgan fingerprint density at radius 1 is 1.02 bits per heavy atom. The van der Waals surface area contributed by atoms with Gasteiger partial charge in [-0.1, -0.05) is 44.2 Å². The largest absolute Gasteiger partial charge is 0.493 e. The summed E-state index contributed by atoms with van der Waals surface area (Å²) in [6.45, 7) is 5.20. The molecule has 3 aromatic rings. The van der Waals surface area contributed by atoms with E-state index in [1.54, 1.807) is 6.07 Å². The van der Waals surface area contributed by atoms with E-state index in [0.717, 1.165) is 17.3 Å². The molecule has 7 nitrogen and oxygen atoms in total. The number of methoxy groups -OCH3 is 1. The van der Waals surface area contributed by atoms with E-state index in [1.807, 2.05) is 20.8 Å². The summed E-state index contributed by atoms with van der Waals surface area (Å²) in [7, 11) is 1.30. The van der Waals surface area contributed by atoms with Gasteiger partial charge in [0.05, 0.1) is 24.2 Å². The Hall–Kier alpha value is -3.68. The van der Waals surface area contributed by atoms with Crippen molar-refractivity contribution in [2.45, 2.75) is 51.6 Å². The highest BCUT2D eigenvalue weighted by molar-refractivity contribution is 7.15. The van der Waals surface area contributed by atoms with Crippen molar-refractivity contribution >= 4 is 28.6 Å². The Morgan fingerprint density at radius 3 is 2.27 bits per heavy atom. The molecule has 1 atom stereocenters. The standard InChI is InChI=1S/C26H26F6N4O3S/c1-24(2,3)22-35-36-23(40-22)34-21(37)16(12-33)9-14-5-8-19(20(10-14)38-4)39-13-15-6-7-17(25(27,28)29)11-18(15)26(30,31)32/h5-8,10-12,16,33H,9,13H2,1-4H3,(H,34,36,37). The van der Waals surface area contributed by atoms with Crippen molar-refractivity contribution in [3.05, 3.63) is 63.7 Å². The third kappa shape index (κ3) is 7.71. The minimum Gasteiger partial charge on any atom is -0.493 e. The number of anilines is 1. The van der Waals surface area contributed by atoms with Crippen LogP contribution in [0.15, 0.2) is 36.4 Å². The molecule has 2 aromatic carbocycles. The van der Waals surface area contributed by atoms with Gasteiger partial charge in [0, 0.05) is 17.2 Å². The highest BCUT2D eigenvalue weighted by atomic mass is 32.1. The monoisotopic (exact) mass is 588 g/mol. The number of aromatic nitrogens is 2. The molecule has 1 unspecified atom stereocenters. The number of nitrogens with zero attached hydrogens (tertiary/aromatic N) is 2. The van der Waals surface area contributed by atoms with Gasteiger partial charge >= 0.3 is 12.4 Å². The fourth-order valence-electron chi connectivity index (χ4n) is 3.51. The van der Waals surface area contributed by atoms with E-state index in [0.29, 0.717) is 16.8 Å². The molecule has 0 bridgehead atoms. The zero-order valence-electron chi connectivity index (χ0n) is 21.8. The fourth-order valence-corrected chi connectivity index (χ4v) is 4.32. The Kier molecular flexibility index (Phi) is 9.12. The van der Waals surface area contributed by atoms with Gasteiger partial charge in [0.1, 0.15) is 11.6 Å². The first kappa shape index (κ1) is 30.9. The van der Waals surface area contributed by atoms with Crippen molar-refractivity contribution in [3.63, 3.8) is 0 Å². The lowest BCUT2D eigenvalue weighted by Crippen LogP contribution is -2.25. The van der Waals surface area contributed by atoms with E-state index in [-0.39, 0.29) is 29.4 Å². The molecule has 2 N–H and O–H groups in total. The second-order valence-corrected chi connectivity index (χ2v) is 10.7. The van der Waals surface area contributed by atoms with Crippen LogP contribution in [-0.4, -0.2) is 29.4 Å². The maximum Gasteiger partial charge on any atom is 0.416 e.